The fourth-order valence-electron chi connectivity index (χ4n) is 3.86. The van der Waals surface area contributed by atoms with Gasteiger partial charge in [0.25, 0.3) is 11.8 Å². The monoisotopic (exact) mass is 342 g/mol. The van der Waals surface area contributed by atoms with Crippen LogP contribution in [0.2, 0.25) is 0 Å². The third-order valence-electron chi connectivity index (χ3n) is 5.42. The van der Waals surface area contributed by atoms with Crippen LogP contribution in [0, 0.1) is 0 Å². The summed E-state index contributed by atoms with van der Waals surface area (Å²) in [6, 6.07) is 7.23. The first-order chi connectivity index (χ1) is 12.1. The number of nitrogens with zero attached hydrogens (tertiary/aromatic N) is 2. The number of benzene rings is 1. The molecular weight excluding hydrogens is 316 g/mol. The summed E-state index contributed by atoms with van der Waals surface area (Å²) in [5, 5.41) is 0. The normalized spacial score (nSPS) is 18.2. The van der Waals surface area contributed by atoms with Crippen molar-refractivity contribution in [3.63, 3.8) is 0 Å². The predicted molar refractivity (Wildman–Crippen MR) is 95.3 cm³/mol. The molecule has 1 saturated carbocycles. The maximum Gasteiger partial charge on any atom is 0.261 e. The van der Waals surface area contributed by atoms with Gasteiger partial charge in [-0.25, -0.2) is 0 Å². The van der Waals surface area contributed by atoms with E-state index < -0.39 is 0 Å². The summed E-state index contributed by atoms with van der Waals surface area (Å²) in [4.78, 5) is 40.2. The van der Waals surface area contributed by atoms with Crippen LogP contribution in [-0.4, -0.2) is 47.2 Å². The van der Waals surface area contributed by atoms with Crippen LogP contribution in [0.4, 0.5) is 0 Å². The van der Waals surface area contributed by atoms with Crippen molar-refractivity contribution in [3.8, 4) is 0 Å². The van der Waals surface area contributed by atoms with Gasteiger partial charge in [-0.05, 0) is 31.4 Å². The van der Waals surface area contributed by atoms with Crippen LogP contribution in [0.1, 0.15) is 72.1 Å². The minimum atomic E-state index is -0.245. The molecule has 0 bridgehead atoms. The molecule has 0 saturated heterocycles. The van der Waals surface area contributed by atoms with E-state index in [1.165, 1.54) is 30.6 Å². The van der Waals surface area contributed by atoms with Crippen molar-refractivity contribution in [1.29, 1.82) is 0 Å². The number of hydrogen-bond acceptors (Lipinski definition) is 3. The topological polar surface area (TPSA) is 57.7 Å². The van der Waals surface area contributed by atoms with Gasteiger partial charge >= 0.3 is 0 Å². The lowest BCUT2D eigenvalue weighted by Gasteiger charge is -2.27. The van der Waals surface area contributed by atoms with Crippen molar-refractivity contribution in [2.24, 2.45) is 0 Å². The first-order valence-electron chi connectivity index (χ1n) is 9.30. The summed E-state index contributed by atoms with van der Waals surface area (Å²) in [6.07, 6.45) is 7.97. The Morgan fingerprint density at radius 1 is 1.04 bits per heavy atom. The molecule has 1 aliphatic heterocycles. The van der Waals surface area contributed by atoms with E-state index in [1.807, 2.05) is 11.9 Å². The fourth-order valence-corrected chi connectivity index (χ4v) is 3.86. The lowest BCUT2D eigenvalue weighted by molar-refractivity contribution is -0.132. The fraction of sp³-hybridized carbons (Fsp3) is 0.550. The van der Waals surface area contributed by atoms with Crippen molar-refractivity contribution >= 4 is 17.7 Å². The van der Waals surface area contributed by atoms with Gasteiger partial charge in [-0.2, -0.15) is 0 Å². The smallest absolute Gasteiger partial charge is 0.261 e. The summed E-state index contributed by atoms with van der Waals surface area (Å²) in [7, 11) is 1.89. The SMILES string of the molecule is CN(C(=O)CCCN1C(=O)c2ccccc2C1=O)C1CCCCCC1. The van der Waals surface area contributed by atoms with Gasteiger partial charge in [0.05, 0.1) is 11.1 Å². The van der Waals surface area contributed by atoms with E-state index in [9.17, 15) is 14.4 Å². The minimum Gasteiger partial charge on any atom is -0.343 e. The van der Waals surface area contributed by atoms with E-state index in [0.29, 0.717) is 36.6 Å². The summed E-state index contributed by atoms with van der Waals surface area (Å²) in [6.45, 7) is 0.302. The molecule has 3 amide bonds. The van der Waals surface area contributed by atoms with Crippen LogP contribution in [0.3, 0.4) is 0 Å². The predicted octanol–water partition coefficient (Wildman–Crippen LogP) is 3.24. The molecule has 2 aliphatic rings. The zero-order chi connectivity index (χ0) is 17.8. The van der Waals surface area contributed by atoms with E-state index in [4.69, 9.17) is 0 Å². The second-order valence-electron chi connectivity index (χ2n) is 7.06. The maximum absolute atomic E-state index is 12.4. The van der Waals surface area contributed by atoms with Crippen molar-refractivity contribution in [2.75, 3.05) is 13.6 Å². The molecule has 1 fully saturated rings. The zero-order valence-electron chi connectivity index (χ0n) is 14.9. The van der Waals surface area contributed by atoms with E-state index in [0.717, 1.165) is 12.8 Å². The molecule has 0 radical (unpaired) electrons. The van der Waals surface area contributed by atoms with Gasteiger partial charge in [-0.15, -0.1) is 0 Å². The van der Waals surface area contributed by atoms with Crippen molar-refractivity contribution in [1.82, 2.24) is 9.80 Å². The molecule has 134 valence electrons. The van der Waals surface area contributed by atoms with Crippen molar-refractivity contribution in [3.05, 3.63) is 35.4 Å². The molecule has 0 spiro atoms. The van der Waals surface area contributed by atoms with Crippen LogP contribution < -0.4 is 0 Å². The second-order valence-corrected chi connectivity index (χ2v) is 7.06. The van der Waals surface area contributed by atoms with Gasteiger partial charge in [-0.3, -0.25) is 19.3 Å². The highest BCUT2D eigenvalue weighted by Crippen LogP contribution is 2.24. The molecule has 1 aromatic carbocycles. The quantitative estimate of drug-likeness (QED) is 0.610. The lowest BCUT2D eigenvalue weighted by Crippen LogP contribution is -2.37. The Balaban J connectivity index is 1.50. The van der Waals surface area contributed by atoms with Crippen LogP contribution in [0.15, 0.2) is 24.3 Å². The molecule has 3 rings (SSSR count). The lowest BCUT2D eigenvalue weighted by atomic mass is 10.1. The average Bonchev–Trinajstić information content (AvgIpc) is 2.83. The van der Waals surface area contributed by atoms with E-state index >= 15 is 0 Å². The number of carbonyl (C=O) groups is 3. The van der Waals surface area contributed by atoms with Crippen molar-refractivity contribution < 1.29 is 14.4 Å². The average molecular weight is 342 g/mol. The van der Waals surface area contributed by atoms with Gasteiger partial charge in [0.1, 0.15) is 0 Å². The largest absolute Gasteiger partial charge is 0.343 e. The Hall–Kier alpha value is -2.17. The van der Waals surface area contributed by atoms with Gasteiger partial charge in [-0.1, -0.05) is 37.8 Å². The van der Waals surface area contributed by atoms with E-state index in [-0.39, 0.29) is 17.7 Å². The highest BCUT2D eigenvalue weighted by molar-refractivity contribution is 6.21. The molecule has 1 aromatic rings. The molecular formula is C20H26N2O3. The Bertz CT molecular complexity index is 628. The number of fused-ring (bicyclic) bond motifs is 1. The second kappa shape index (κ2) is 7.81. The standard InChI is InChI=1S/C20H26N2O3/c1-21(15-9-4-2-3-5-10-15)18(23)13-8-14-22-19(24)16-11-6-7-12-17(16)20(22)25/h6-7,11-12,15H,2-5,8-10,13-14H2,1H3. The van der Waals surface area contributed by atoms with Crippen LogP contribution in [0.25, 0.3) is 0 Å². The summed E-state index contributed by atoms with van der Waals surface area (Å²) in [5.41, 5.74) is 0.934. The Morgan fingerprint density at radius 3 is 2.16 bits per heavy atom. The van der Waals surface area contributed by atoms with Gasteiger partial charge in [0.2, 0.25) is 5.91 Å². The number of imide groups is 1. The Labute approximate surface area is 149 Å². The summed E-state index contributed by atoms with van der Waals surface area (Å²) in [5.74, 6) is -0.376. The molecule has 0 unspecified atom stereocenters. The Kier molecular flexibility index (Phi) is 5.51. The first kappa shape index (κ1) is 17.6. The van der Waals surface area contributed by atoms with Crippen LogP contribution in [0.5, 0.6) is 0 Å². The number of rotatable bonds is 5. The molecule has 1 aliphatic carbocycles. The third kappa shape index (κ3) is 3.75. The number of amides is 3. The molecule has 0 atom stereocenters. The minimum absolute atomic E-state index is 0.114. The maximum atomic E-state index is 12.4. The molecule has 0 aromatic heterocycles. The molecule has 0 N–H and O–H groups in total. The number of hydrogen-bond donors (Lipinski definition) is 0. The van der Waals surface area contributed by atoms with Crippen LogP contribution >= 0.6 is 0 Å². The van der Waals surface area contributed by atoms with Gasteiger partial charge < -0.3 is 4.90 Å². The highest BCUT2D eigenvalue weighted by Gasteiger charge is 2.34. The first-order valence-corrected chi connectivity index (χ1v) is 9.30. The zero-order valence-corrected chi connectivity index (χ0v) is 14.9. The van der Waals surface area contributed by atoms with E-state index in [1.54, 1.807) is 24.3 Å². The molecule has 25 heavy (non-hydrogen) atoms. The highest BCUT2D eigenvalue weighted by atomic mass is 16.2. The molecule has 1 heterocycles. The van der Waals surface area contributed by atoms with Gasteiger partial charge in [0, 0.05) is 26.1 Å². The number of carbonyl (C=O) groups excluding carboxylic acids is 3. The molecule has 5 heteroatoms. The Morgan fingerprint density at radius 2 is 1.60 bits per heavy atom. The van der Waals surface area contributed by atoms with Crippen molar-refractivity contribution in [2.45, 2.75) is 57.4 Å². The summed E-state index contributed by atoms with van der Waals surface area (Å²) >= 11 is 0. The van der Waals surface area contributed by atoms with E-state index in [2.05, 4.69) is 0 Å². The molecule has 5 nitrogen and oxygen atoms in total. The third-order valence-corrected chi connectivity index (χ3v) is 5.42. The van der Waals surface area contributed by atoms with Crippen LogP contribution in [-0.2, 0) is 4.79 Å². The van der Waals surface area contributed by atoms with Gasteiger partial charge in [0.15, 0.2) is 0 Å². The summed E-state index contributed by atoms with van der Waals surface area (Å²) < 4.78 is 0.